The van der Waals surface area contributed by atoms with Gasteiger partial charge < -0.3 is 10.1 Å². The maximum atomic E-state index is 12.9. The predicted octanol–water partition coefficient (Wildman–Crippen LogP) is 4.63. The van der Waals surface area contributed by atoms with E-state index >= 15 is 0 Å². The Morgan fingerprint density at radius 2 is 1.95 bits per heavy atom. The second kappa shape index (κ2) is 7.00. The van der Waals surface area contributed by atoms with Gasteiger partial charge in [0.2, 0.25) is 5.88 Å². The van der Waals surface area contributed by atoms with Crippen LogP contribution in [0, 0.1) is 0 Å². The van der Waals surface area contributed by atoms with Crippen LogP contribution < -0.4 is 10.1 Å². The van der Waals surface area contributed by atoms with Gasteiger partial charge in [-0.1, -0.05) is 13.3 Å². The molecule has 0 radical (unpaired) electrons. The first kappa shape index (κ1) is 15.9. The third-order valence-electron chi connectivity index (χ3n) is 3.52. The molecule has 0 aliphatic heterocycles. The molecule has 6 heteroatoms. The van der Waals surface area contributed by atoms with Crippen molar-refractivity contribution < 1.29 is 17.9 Å². The van der Waals surface area contributed by atoms with Gasteiger partial charge in [-0.2, -0.15) is 18.2 Å². The van der Waals surface area contributed by atoms with Crippen molar-refractivity contribution in [2.45, 2.75) is 57.7 Å². The van der Waals surface area contributed by atoms with Crippen molar-refractivity contribution in [1.82, 2.24) is 4.98 Å². The third-order valence-corrected chi connectivity index (χ3v) is 3.52. The minimum atomic E-state index is -4.39. The van der Waals surface area contributed by atoms with Crippen LogP contribution in [0.25, 0.3) is 0 Å². The van der Waals surface area contributed by atoms with Crippen molar-refractivity contribution >= 4 is 5.82 Å². The number of anilines is 1. The highest BCUT2D eigenvalue weighted by atomic mass is 19.4. The van der Waals surface area contributed by atoms with Crippen molar-refractivity contribution in [1.29, 1.82) is 0 Å². The molecule has 2 rings (SSSR count). The first-order valence-corrected chi connectivity index (χ1v) is 7.49. The second-order valence-corrected chi connectivity index (χ2v) is 5.38. The first-order valence-electron chi connectivity index (χ1n) is 7.49. The smallest absolute Gasteiger partial charge is 0.416 e. The Balaban J connectivity index is 2.17. The SMILES string of the molecule is CCCNc1cc(C(F)(F)F)cc(OC2CCCCC2)n1. The summed E-state index contributed by atoms with van der Waals surface area (Å²) in [5.74, 6) is 0.285. The van der Waals surface area contributed by atoms with Crippen molar-refractivity contribution in [3.05, 3.63) is 17.7 Å². The molecule has 0 saturated heterocycles. The van der Waals surface area contributed by atoms with E-state index in [9.17, 15) is 13.2 Å². The summed E-state index contributed by atoms with van der Waals surface area (Å²) in [4.78, 5) is 4.15. The maximum Gasteiger partial charge on any atom is 0.416 e. The molecular weight excluding hydrogens is 281 g/mol. The lowest BCUT2D eigenvalue weighted by atomic mass is 9.98. The maximum absolute atomic E-state index is 12.9. The molecule has 3 nitrogen and oxygen atoms in total. The van der Waals surface area contributed by atoms with Crippen LogP contribution in [0.3, 0.4) is 0 Å². The van der Waals surface area contributed by atoms with Crippen LogP contribution in [0.2, 0.25) is 0 Å². The number of hydrogen-bond acceptors (Lipinski definition) is 3. The molecule has 1 aliphatic carbocycles. The minimum absolute atomic E-state index is 0.0197. The average molecular weight is 302 g/mol. The molecule has 1 aliphatic rings. The summed E-state index contributed by atoms with van der Waals surface area (Å²) < 4.78 is 44.5. The summed E-state index contributed by atoms with van der Waals surface area (Å²) >= 11 is 0. The zero-order chi connectivity index (χ0) is 15.3. The molecule has 1 aromatic heterocycles. The van der Waals surface area contributed by atoms with Gasteiger partial charge in [-0.3, -0.25) is 0 Å². The molecule has 1 aromatic rings. The van der Waals surface area contributed by atoms with E-state index in [0.29, 0.717) is 6.54 Å². The van der Waals surface area contributed by atoms with Crippen LogP contribution in [-0.2, 0) is 6.18 Å². The Labute approximate surface area is 122 Å². The van der Waals surface area contributed by atoms with Crippen LogP contribution in [-0.4, -0.2) is 17.6 Å². The summed E-state index contributed by atoms with van der Waals surface area (Å²) in [5.41, 5.74) is -0.720. The molecule has 1 heterocycles. The lowest BCUT2D eigenvalue weighted by molar-refractivity contribution is -0.137. The van der Waals surface area contributed by atoms with Gasteiger partial charge in [0.1, 0.15) is 11.9 Å². The number of alkyl halides is 3. The number of nitrogens with one attached hydrogen (secondary N) is 1. The minimum Gasteiger partial charge on any atom is -0.474 e. The van der Waals surface area contributed by atoms with E-state index in [1.807, 2.05) is 6.92 Å². The summed E-state index contributed by atoms with van der Waals surface area (Å²) in [6, 6.07) is 2.02. The van der Waals surface area contributed by atoms with E-state index < -0.39 is 11.7 Å². The average Bonchev–Trinajstić information content (AvgIpc) is 2.45. The molecule has 1 N–H and O–H groups in total. The van der Waals surface area contributed by atoms with E-state index in [0.717, 1.165) is 44.2 Å². The molecular formula is C15H21F3N2O. The summed E-state index contributed by atoms with van der Waals surface area (Å²) in [7, 11) is 0. The molecule has 1 saturated carbocycles. The van der Waals surface area contributed by atoms with Crippen LogP contribution in [0.5, 0.6) is 5.88 Å². The predicted molar refractivity (Wildman–Crippen MR) is 75.5 cm³/mol. The Bertz CT molecular complexity index is 457. The van der Waals surface area contributed by atoms with Gasteiger partial charge >= 0.3 is 6.18 Å². The van der Waals surface area contributed by atoms with Gasteiger partial charge in [0, 0.05) is 12.6 Å². The van der Waals surface area contributed by atoms with Gasteiger partial charge in [0.05, 0.1) is 5.56 Å². The highest BCUT2D eigenvalue weighted by Crippen LogP contribution is 2.33. The summed E-state index contributed by atoms with van der Waals surface area (Å²) in [5, 5.41) is 2.89. The monoisotopic (exact) mass is 302 g/mol. The van der Waals surface area contributed by atoms with Gasteiger partial charge in [-0.25, -0.2) is 0 Å². The van der Waals surface area contributed by atoms with E-state index in [4.69, 9.17) is 4.74 Å². The fourth-order valence-corrected chi connectivity index (χ4v) is 2.43. The number of pyridine rings is 1. The van der Waals surface area contributed by atoms with E-state index in [2.05, 4.69) is 10.3 Å². The van der Waals surface area contributed by atoms with Crippen LogP contribution in [0.4, 0.5) is 19.0 Å². The quantitative estimate of drug-likeness (QED) is 0.860. The molecule has 0 spiro atoms. The molecule has 1 fully saturated rings. The standard InChI is InChI=1S/C15H21F3N2O/c1-2-8-19-13-9-11(15(16,17)18)10-14(20-13)21-12-6-4-3-5-7-12/h9-10,12H,2-8H2,1H3,(H,19,20). The van der Waals surface area contributed by atoms with Gasteiger partial charge in [-0.15, -0.1) is 0 Å². The topological polar surface area (TPSA) is 34.1 Å². The second-order valence-electron chi connectivity index (χ2n) is 5.38. The van der Waals surface area contributed by atoms with Crippen molar-refractivity contribution in [3.63, 3.8) is 0 Å². The van der Waals surface area contributed by atoms with Crippen LogP contribution in [0.1, 0.15) is 51.0 Å². The van der Waals surface area contributed by atoms with Gasteiger partial charge in [-0.05, 0) is 38.2 Å². The van der Waals surface area contributed by atoms with Crippen molar-refractivity contribution in [2.75, 3.05) is 11.9 Å². The zero-order valence-corrected chi connectivity index (χ0v) is 12.2. The van der Waals surface area contributed by atoms with E-state index in [-0.39, 0.29) is 17.8 Å². The van der Waals surface area contributed by atoms with Crippen LogP contribution in [0.15, 0.2) is 12.1 Å². The molecule has 0 bridgehead atoms. The van der Waals surface area contributed by atoms with E-state index in [1.165, 1.54) is 6.42 Å². The fraction of sp³-hybridized carbons (Fsp3) is 0.667. The molecule has 118 valence electrons. The van der Waals surface area contributed by atoms with Crippen molar-refractivity contribution in [2.24, 2.45) is 0 Å². The lowest BCUT2D eigenvalue weighted by Crippen LogP contribution is -2.21. The largest absolute Gasteiger partial charge is 0.474 e. The number of aromatic nitrogens is 1. The number of ether oxygens (including phenoxy) is 1. The lowest BCUT2D eigenvalue weighted by Gasteiger charge is -2.23. The Kier molecular flexibility index (Phi) is 5.31. The van der Waals surface area contributed by atoms with E-state index in [1.54, 1.807) is 0 Å². The van der Waals surface area contributed by atoms with Crippen molar-refractivity contribution in [3.8, 4) is 5.88 Å². The number of rotatable bonds is 5. The Morgan fingerprint density at radius 3 is 2.57 bits per heavy atom. The normalized spacial score (nSPS) is 16.8. The third kappa shape index (κ3) is 4.79. The first-order chi connectivity index (χ1) is 9.99. The Hall–Kier alpha value is -1.46. The number of halogens is 3. The number of hydrogen-bond donors (Lipinski definition) is 1. The van der Waals surface area contributed by atoms with Gasteiger partial charge in [0.25, 0.3) is 0 Å². The molecule has 0 atom stereocenters. The molecule has 0 unspecified atom stereocenters. The number of nitrogens with zero attached hydrogens (tertiary/aromatic N) is 1. The highest BCUT2D eigenvalue weighted by molar-refractivity contribution is 5.42. The van der Waals surface area contributed by atoms with Crippen LogP contribution >= 0.6 is 0 Å². The molecule has 0 amide bonds. The molecule has 0 aromatic carbocycles. The zero-order valence-electron chi connectivity index (χ0n) is 12.2. The summed E-state index contributed by atoms with van der Waals surface area (Å²) in [6.45, 7) is 2.53. The molecule has 21 heavy (non-hydrogen) atoms. The highest BCUT2D eigenvalue weighted by Gasteiger charge is 2.32. The summed E-state index contributed by atoms with van der Waals surface area (Å²) in [6.07, 6.45) is 1.46. The Morgan fingerprint density at radius 1 is 1.24 bits per heavy atom. The van der Waals surface area contributed by atoms with Gasteiger partial charge in [0.15, 0.2) is 0 Å². The fourth-order valence-electron chi connectivity index (χ4n) is 2.43.